The van der Waals surface area contributed by atoms with Gasteiger partial charge in [-0.25, -0.2) is 0 Å². The Hall–Kier alpha value is -0.546. The molecule has 0 aromatic carbocycles. The first kappa shape index (κ1) is 16.5. The summed E-state index contributed by atoms with van der Waals surface area (Å²) in [6.07, 6.45) is 29.0. The zero-order valence-electron chi connectivity index (χ0n) is 10.4. The van der Waals surface area contributed by atoms with Crippen LogP contribution in [0, 0.1) is 12.2 Å². The van der Waals surface area contributed by atoms with E-state index in [9.17, 15) is 0 Å². The largest absolute Gasteiger partial charge is 0.500 e. The maximum atomic E-state index is 3.21. The minimum absolute atomic E-state index is 0. The SMILES string of the molecule is [C-]1=CCCC=CCC1.[C-]1=CCCC=CCC1.[Ni]. The smallest absolute Gasteiger partial charge is 0 e. The summed E-state index contributed by atoms with van der Waals surface area (Å²) < 4.78 is 0. The van der Waals surface area contributed by atoms with Crippen LogP contribution in [0.25, 0.3) is 0 Å². The van der Waals surface area contributed by atoms with Gasteiger partial charge >= 0.3 is 0 Å². The zero-order chi connectivity index (χ0) is 11.3. The average molecular weight is 273 g/mol. The van der Waals surface area contributed by atoms with Crippen molar-refractivity contribution in [2.75, 3.05) is 0 Å². The summed E-state index contributed by atoms with van der Waals surface area (Å²) in [7, 11) is 0. The van der Waals surface area contributed by atoms with Crippen molar-refractivity contribution in [3.8, 4) is 0 Å². The number of allylic oxidation sites excluding steroid dienone is 8. The van der Waals surface area contributed by atoms with Gasteiger partial charge in [0, 0.05) is 16.5 Å². The standard InChI is InChI=1S/2C8H11.Ni/c2*1-2-4-6-8-7-5-3-1;/h2*1-2,7H,3-6H2;/q2*-1;. The molecule has 0 N–H and O–H groups in total. The van der Waals surface area contributed by atoms with Crippen molar-refractivity contribution in [1.29, 1.82) is 0 Å². The van der Waals surface area contributed by atoms with E-state index in [0.717, 1.165) is 12.8 Å². The summed E-state index contributed by atoms with van der Waals surface area (Å²) in [6, 6.07) is 0. The number of hydrogen-bond acceptors (Lipinski definition) is 0. The zero-order valence-corrected chi connectivity index (χ0v) is 11.4. The molecule has 0 fully saturated rings. The summed E-state index contributed by atoms with van der Waals surface area (Å²) in [5.74, 6) is 0. The van der Waals surface area contributed by atoms with Crippen LogP contribution in [-0.4, -0.2) is 0 Å². The normalized spacial score (nSPS) is 18.8. The van der Waals surface area contributed by atoms with Crippen LogP contribution in [0.15, 0.2) is 36.5 Å². The molecule has 0 heterocycles. The maximum absolute atomic E-state index is 3.21. The molecule has 0 nitrogen and oxygen atoms in total. The van der Waals surface area contributed by atoms with Crippen molar-refractivity contribution in [2.24, 2.45) is 0 Å². The van der Waals surface area contributed by atoms with Gasteiger partial charge in [-0.1, -0.05) is 50.0 Å². The Morgan fingerprint density at radius 3 is 1.41 bits per heavy atom. The minimum Gasteiger partial charge on any atom is -0.500 e. The fourth-order valence-corrected chi connectivity index (χ4v) is 1.57. The van der Waals surface area contributed by atoms with Crippen molar-refractivity contribution >= 4 is 0 Å². The molecule has 0 amide bonds. The molecule has 0 unspecified atom stereocenters. The summed E-state index contributed by atoms with van der Waals surface area (Å²) in [6.45, 7) is 0. The Morgan fingerprint density at radius 1 is 0.529 bits per heavy atom. The first-order valence-corrected chi connectivity index (χ1v) is 6.40. The van der Waals surface area contributed by atoms with Gasteiger partial charge in [-0.3, -0.25) is 12.2 Å². The van der Waals surface area contributed by atoms with Crippen molar-refractivity contribution < 1.29 is 16.5 Å². The van der Waals surface area contributed by atoms with Crippen molar-refractivity contribution in [2.45, 2.75) is 51.4 Å². The average Bonchev–Trinajstić information content (AvgIpc) is 2.15. The first-order valence-electron chi connectivity index (χ1n) is 6.40. The molecule has 17 heavy (non-hydrogen) atoms. The second-order valence-corrected chi connectivity index (χ2v) is 3.99. The van der Waals surface area contributed by atoms with E-state index in [1.165, 1.54) is 38.5 Å². The molecule has 2 aliphatic carbocycles. The molecule has 0 aliphatic heterocycles. The molecule has 2 rings (SSSR count). The van der Waals surface area contributed by atoms with E-state index in [-0.39, 0.29) is 16.5 Å². The Labute approximate surface area is 116 Å². The van der Waals surface area contributed by atoms with E-state index in [2.05, 4.69) is 48.6 Å². The molecular formula is C16H22Ni-2. The molecule has 98 valence electrons. The molecular weight excluding hydrogens is 251 g/mol. The van der Waals surface area contributed by atoms with Crippen LogP contribution < -0.4 is 0 Å². The Bertz CT molecular complexity index is 179. The predicted octanol–water partition coefficient (Wildman–Crippen LogP) is 4.95. The summed E-state index contributed by atoms with van der Waals surface area (Å²) in [5, 5.41) is 0. The van der Waals surface area contributed by atoms with E-state index in [4.69, 9.17) is 0 Å². The van der Waals surface area contributed by atoms with Gasteiger partial charge in [0.1, 0.15) is 0 Å². The molecule has 0 bridgehead atoms. The van der Waals surface area contributed by atoms with E-state index >= 15 is 0 Å². The molecule has 1 heteroatoms. The van der Waals surface area contributed by atoms with Crippen LogP contribution in [-0.2, 0) is 16.5 Å². The molecule has 0 spiro atoms. The van der Waals surface area contributed by atoms with Gasteiger partial charge in [0.2, 0.25) is 0 Å². The van der Waals surface area contributed by atoms with E-state index in [0.29, 0.717) is 0 Å². The van der Waals surface area contributed by atoms with Gasteiger partial charge in [-0.05, 0) is 12.8 Å². The molecule has 0 saturated heterocycles. The van der Waals surface area contributed by atoms with Crippen molar-refractivity contribution in [1.82, 2.24) is 0 Å². The van der Waals surface area contributed by atoms with Gasteiger partial charge in [-0.15, -0.1) is 0 Å². The summed E-state index contributed by atoms with van der Waals surface area (Å²) in [4.78, 5) is 0. The third-order valence-corrected chi connectivity index (χ3v) is 2.49. The minimum atomic E-state index is 0. The molecule has 0 aromatic heterocycles. The van der Waals surface area contributed by atoms with E-state index in [1.54, 1.807) is 0 Å². The molecule has 0 aromatic rings. The van der Waals surface area contributed by atoms with Crippen LogP contribution in [0.2, 0.25) is 0 Å². The summed E-state index contributed by atoms with van der Waals surface area (Å²) in [5.41, 5.74) is 0. The van der Waals surface area contributed by atoms with Crippen LogP contribution in [0.1, 0.15) is 51.4 Å². The quantitative estimate of drug-likeness (QED) is 0.333. The summed E-state index contributed by atoms with van der Waals surface area (Å²) >= 11 is 0. The first-order chi connectivity index (χ1) is 8.00. The fraction of sp³-hybridized carbons (Fsp3) is 0.500. The molecule has 0 saturated carbocycles. The molecule has 2 aliphatic rings. The van der Waals surface area contributed by atoms with Crippen molar-refractivity contribution in [3.05, 3.63) is 48.6 Å². The Kier molecular flexibility index (Phi) is 13.1. The monoisotopic (exact) mass is 272 g/mol. The van der Waals surface area contributed by atoms with Gasteiger partial charge in [0.15, 0.2) is 0 Å². The van der Waals surface area contributed by atoms with Crippen LogP contribution in [0.3, 0.4) is 0 Å². The topological polar surface area (TPSA) is 0 Å². The van der Waals surface area contributed by atoms with Crippen molar-refractivity contribution in [3.63, 3.8) is 0 Å². The third kappa shape index (κ3) is 11.7. The van der Waals surface area contributed by atoms with Gasteiger partial charge < -0.3 is 12.2 Å². The van der Waals surface area contributed by atoms with E-state index < -0.39 is 0 Å². The fourth-order valence-electron chi connectivity index (χ4n) is 1.57. The maximum Gasteiger partial charge on any atom is 0 e. The second-order valence-electron chi connectivity index (χ2n) is 3.99. The molecule has 0 atom stereocenters. The Morgan fingerprint density at radius 2 is 0.941 bits per heavy atom. The van der Waals surface area contributed by atoms with E-state index in [1.807, 2.05) is 0 Å². The third-order valence-electron chi connectivity index (χ3n) is 2.49. The number of hydrogen-bond donors (Lipinski definition) is 0. The number of rotatable bonds is 0. The van der Waals surface area contributed by atoms with Crippen LogP contribution in [0.5, 0.6) is 0 Å². The van der Waals surface area contributed by atoms with Gasteiger partial charge in [0.25, 0.3) is 0 Å². The molecule has 0 radical (unpaired) electrons. The van der Waals surface area contributed by atoms with Gasteiger partial charge in [-0.2, -0.15) is 12.8 Å². The van der Waals surface area contributed by atoms with Crippen LogP contribution in [0.4, 0.5) is 0 Å². The predicted molar refractivity (Wildman–Crippen MR) is 70.8 cm³/mol. The van der Waals surface area contributed by atoms with Gasteiger partial charge in [0.05, 0.1) is 0 Å². The second kappa shape index (κ2) is 13.5. The van der Waals surface area contributed by atoms with Crippen LogP contribution >= 0.6 is 0 Å². The Balaban J connectivity index is 0.000000284.